The lowest BCUT2D eigenvalue weighted by molar-refractivity contribution is -0.140. The van der Waals surface area contributed by atoms with Crippen LogP contribution in [-0.4, -0.2) is 149 Å². The van der Waals surface area contributed by atoms with E-state index in [2.05, 4.69) is 21.3 Å². The number of benzene rings is 2. The van der Waals surface area contributed by atoms with Gasteiger partial charge in [0.2, 0.25) is 23.6 Å². The molecule has 6 amide bonds. The summed E-state index contributed by atoms with van der Waals surface area (Å²) >= 11 is 14.8. The number of nitrogens with one attached hydrogen (secondary N) is 4. The molecule has 0 aliphatic carbocycles. The number of ether oxygens (including phenoxy) is 2. The largest absolute Gasteiger partial charge is 0.444 e. The number of fused-ring (bicyclic) bond motifs is 2. The Bertz CT molecular complexity index is 2260. The monoisotopic (exact) mass is 1080 g/mol. The predicted molar refractivity (Wildman–Crippen MR) is 299 cm³/mol. The average molecular weight is 1080 g/mol. The fraction of sp³-hybridized carbons (Fsp3) is 0.623. The maximum absolute atomic E-state index is 14.3. The first kappa shape index (κ1) is 57.6. The van der Waals surface area contributed by atoms with Gasteiger partial charge in [-0.25, -0.2) is 9.59 Å². The number of likely N-dealkylation sites (N-methyl/N-ethyl adjacent to an activating group) is 2. The van der Waals surface area contributed by atoms with Gasteiger partial charge >= 0.3 is 12.2 Å². The van der Waals surface area contributed by atoms with E-state index in [-0.39, 0.29) is 34.4 Å². The van der Waals surface area contributed by atoms with Gasteiger partial charge in [0.05, 0.1) is 32.8 Å². The second kappa shape index (κ2) is 22.7. The zero-order valence-electron chi connectivity index (χ0n) is 44.9. The van der Waals surface area contributed by atoms with Crippen LogP contribution in [0.2, 0.25) is 0 Å². The molecule has 6 rings (SSSR count). The first-order valence-corrected chi connectivity index (χ1v) is 28.0. The van der Waals surface area contributed by atoms with Crippen molar-refractivity contribution in [3.8, 4) is 0 Å². The molecule has 2 aromatic carbocycles. The van der Waals surface area contributed by atoms with Crippen LogP contribution in [0.5, 0.6) is 0 Å². The SMILES string of the molecule is C[C@@H](C(=S)N[C@H]1CCS[C@H]2CC(C)(C)[C@@H](C(=O)Nc3ccc(Cc4ccc(NC(=O)[C@H]5N6C(=O)[C@@H](NC(=S)[C@H](C)N(C)C(=O)OC(C)(C)C)CCS[C@H]6CC5(C)C)cc4)cc3)N2C1=O)N(C)C(=O)OC(C)(C)C. The number of carbonyl (C=O) groups excluding carboxylic acids is 6. The van der Waals surface area contributed by atoms with Crippen molar-refractivity contribution in [2.75, 3.05) is 36.2 Å². The Labute approximate surface area is 451 Å². The van der Waals surface area contributed by atoms with Crippen LogP contribution >= 0.6 is 48.0 Å². The van der Waals surface area contributed by atoms with E-state index in [0.717, 1.165) is 11.1 Å². The van der Waals surface area contributed by atoms with Gasteiger partial charge in [-0.05, 0) is 145 Å². The Morgan fingerprint density at radius 2 is 0.973 bits per heavy atom. The zero-order valence-corrected chi connectivity index (χ0v) is 48.1. The summed E-state index contributed by atoms with van der Waals surface area (Å²) < 4.78 is 11.0. The fourth-order valence-electron chi connectivity index (χ4n) is 9.69. The molecule has 4 fully saturated rings. The van der Waals surface area contributed by atoms with Crippen molar-refractivity contribution >= 4 is 105 Å². The van der Waals surface area contributed by atoms with E-state index in [9.17, 15) is 28.8 Å². The number of amides is 6. The number of hydrogen-bond acceptors (Lipinski definition) is 12. The molecule has 0 spiro atoms. The highest BCUT2D eigenvalue weighted by Crippen LogP contribution is 2.48. The van der Waals surface area contributed by atoms with Gasteiger partial charge in [-0.15, -0.1) is 23.5 Å². The molecule has 4 aliphatic rings. The normalized spacial score (nSPS) is 24.4. The molecule has 0 radical (unpaired) electrons. The van der Waals surface area contributed by atoms with Gasteiger partial charge in [0.1, 0.15) is 35.4 Å². The van der Waals surface area contributed by atoms with Crippen LogP contribution in [0.4, 0.5) is 21.0 Å². The molecule has 400 valence electrons. The molecule has 0 bridgehead atoms. The van der Waals surface area contributed by atoms with E-state index >= 15 is 0 Å². The lowest BCUT2D eigenvalue weighted by Gasteiger charge is -2.35. The van der Waals surface area contributed by atoms with Crippen molar-refractivity contribution in [1.29, 1.82) is 0 Å². The van der Waals surface area contributed by atoms with Crippen LogP contribution in [0.1, 0.15) is 120 Å². The number of nitrogens with zero attached hydrogens (tertiary/aromatic N) is 4. The summed E-state index contributed by atoms with van der Waals surface area (Å²) in [6.07, 6.45) is 1.90. The van der Waals surface area contributed by atoms with Crippen LogP contribution in [-0.2, 0) is 35.1 Å². The standard InChI is InChI=1S/C53H76N8O8S4/c1-30(58(13)48(66)68-50(3,4)5)44(70)56-36-23-25-72-38-28-52(9,10)40(60(38)46(36)64)42(62)54-34-19-15-32(16-20-34)27-33-17-21-35(22-18-33)55-43(63)41-53(11,12)29-39-61(41)47(65)37(24-26-73-39)57-45(71)31(2)59(14)49(67)69-51(6,7)8/h15-22,30-31,36-41H,23-29H2,1-14H3,(H,54,62)(H,55,63)(H,56,70)(H,57,71)/t30-,31-,36-,37-,38-,39-,40+,41+/m0/s1. The van der Waals surface area contributed by atoms with Crippen LogP contribution in [0.25, 0.3) is 0 Å². The first-order valence-electron chi connectivity index (χ1n) is 25.1. The van der Waals surface area contributed by atoms with Crippen LogP contribution in [0, 0.1) is 10.8 Å². The summed E-state index contributed by atoms with van der Waals surface area (Å²) in [4.78, 5) is 89.7. The van der Waals surface area contributed by atoms with E-state index in [0.29, 0.717) is 65.0 Å². The third kappa shape index (κ3) is 14.0. The van der Waals surface area contributed by atoms with Crippen molar-refractivity contribution in [2.45, 2.75) is 173 Å². The van der Waals surface area contributed by atoms with E-state index in [1.54, 1.807) is 103 Å². The molecule has 0 saturated carbocycles. The summed E-state index contributed by atoms with van der Waals surface area (Å²) in [6.45, 7) is 22.4. The fourth-order valence-corrected chi connectivity index (χ4v) is 13.4. The summed E-state index contributed by atoms with van der Waals surface area (Å²) in [6, 6.07) is 11.4. The van der Waals surface area contributed by atoms with Gasteiger partial charge in [0, 0.05) is 25.5 Å². The molecule has 73 heavy (non-hydrogen) atoms. The second-order valence-electron chi connectivity index (χ2n) is 23.1. The minimum atomic E-state index is -0.730. The number of anilines is 2. The Hall–Kier alpha value is -4.66. The minimum Gasteiger partial charge on any atom is -0.444 e. The zero-order chi connectivity index (χ0) is 54.1. The maximum atomic E-state index is 14.3. The molecule has 20 heteroatoms. The Balaban J connectivity index is 1.05. The molecule has 4 saturated heterocycles. The highest BCUT2D eigenvalue weighted by atomic mass is 32.2. The van der Waals surface area contributed by atoms with Crippen LogP contribution in [0.15, 0.2) is 48.5 Å². The molecule has 2 aromatic rings. The third-order valence-electron chi connectivity index (χ3n) is 13.9. The maximum Gasteiger partial charge on any atom is 0.410 e. The van der Waals surface area contributed by atoms with E-state index in [1.165, 1.54) is 9.80 Å². The predicted octanol–water partition coefficient (Wildman–Crippen LogP) is 8.42. The van der Waals surface area contributed by atoms with Gasteiger partial charge < -0.3 is 50.3 Å². The van der Waals surface area contributed by atoms with E-state index in [4.69, 9.17) is 33.9 Å². The van der Waals surface area contributed by atoms with Crippen molar-refractivity contribution < 1.29 is 38.2 Å². The summed E-state index contributed by atoms with van der Waals surface area (Å²) in [5.74, 6) is 0.473. The quantitative estimate of drug-likeness (QED) is 0.149. The molecular formula is C53H76N8O8S4. The van der Waals surface area contributed by atoms with Gasteiger partial charge in [0.25, 0.3) is 0 Å². The number of hydrogen-bond donors (Lipinski definition) is 4. The van der Waals surface area contributed by atoms with Gasteiger partial charge in [-0.1, -0.05) is 76.4 Å². The average Bonchev–Trinajstić information content (AvgIpc) is 3.61. The molecule has 0 unspecified atom stereocenters. The number of carbonyl (C=O) groups is 6. The lowest BCUT2D eigenvalue weighted by atomic mass is 9.84. The first-order chi connectivity index (χ1) is 33.9. The van der Waals surface area contributed by atoms with Crippen molar-refractivity contribution in [3.05, 3.63) is 59.7 Å². The lowest BCUT2D eigenvalue weighted by Crippen LogP contribution is -2.57. The molecule has 4 N–H and O–H groups in total. The molecule has 0 aromatic heterocycles. The number of thioether (sulfide) groups is 2. The molecule has 4 aliphatic heterocycles. The molecular weight excluding hydrogens is 1000 g/mol. The summed E-state index contributed by atoms with van der Waals surface area (Å²) in [5, 5.41) is 12.3. The number of thiocarbonyl (C=S) groups is 2. The Morgan fingerprint density at radius 3 is 1.29 bits per heavy atom. The summed E-state index contributed by atoms with van der Waals surface area (Å²) in [5.41, 5.74) is 0.881. The van der Waals surface area contributed by atoms with Crippen molar-refractivity contribution in [3.63, 3.8) is 0 Å². The van der Waals surface area contributed by atoms with Crippen molar-refractivity contribution in [2.24, 2.45) is 10.8 Å². The third-order valence-corrected chi connectivity index (χ3v) is 17.3. The Kier molecular flexibility index (Phi) is 17.9. The van der Waals surface area contributed by atoms with E-state index in [1.807, 2.05) is 76.2 Å². The van der Waals surface area contributed by atoms with Gasteiger partial charge in [-0.2, -0.15) is 0 Å². The van der Waals surface area contributed by atoms with Crippen molar-refractivity contribution in [1.82, 2.24) is 30.2 Å². The highest BCUT2D eigenvalue weighted by molar-refractivity contribution is 8.00. The molecule has 4 heterocycles. The Morgan fingerprint density at radius 1 is 0.644 bits per heavy atom. The minimum absolute atomic E-state index is 0.176. The van der Waals surface area contributed by atoms with Gasteiger partial charge in [0.15, 0.2) is 0 Å². The molecule has 8 atom stereocenters. The highest BCUT2D eigenvalue weighted by Gasteiger charge is 2.56. The van der Waals surface area contributed by atoms with E-state index < -0.39 is 70.5 Å². The molecule has 16 nitrogen and oxygen atoms in total. The topological polar surface area (TPSA) is 182 Å². The summed E-state index contributed by atoms with van der Waals surface area (Å²) in [7, 11) is 3.23. The second-order valence-corrected chi connectivity index (χ2v) is 26.6. The smallest absolute Gasteiger partial charge is 0.410 e. The van der Waals surface area contributed by atoms with Crippen LogP contribution in [0.3, 0.4) is 0 Å². The van der Waals surface area contributed by atoms with Gasteiger partial charge in [-0.3, -0.25) is 19.2 Å². The number of rotatable bonds is 12. The van der Waals surface area contributed by atoms with Crippen LogP contribution < -0.4 is 21.3 Å².